The van der Waals surface area contributed by atoms with Gasteiger partial charge in [-0.15, -0.1) is 0 Å². The third kappa shape index (κ3) is 2.41. The van der Waals surface area contributed by atoms with Gasteiger partial charge in [-0.05, 0) is 31.4 Å². The molecule has 1 heterocycles. The Kier molecular flexibility index (Phi) is 3.08. The summed E-state index contributed by atoms with van der Waals surface area (Å²) >= 11 is 5.58. The molecule has 0 unspecified atom stereocenters. The van der Waals surface area contributed by atoms with Crippen molar-refractivity contribution in [3.05, 3.63) is 23.5 Å². The summed E-state index contributed by atoms with van der Waals surface area (Å²) < 4.78 is 26.4. The molecule has 17 heavy (non-hydrogen) atoms. The number of nitrogens with zero attached hydrogens (tertiary/aromatic N) is 2. The van der Waals surface area contributed by atoms with Gasteiger partial charge >= 0.3 is 0 Å². The van der Waals surface area contributed by atoms with Crippen molar-refractivity contribution < 1.29 is 8.42 Å². The van der Waals surface area contributed by atoms with E-state index in [-0.39, 0.29) is 10.0 Å². The van der Waals surface area contributed by atoms with Crippen LogP contribution >= 0.6 is 11.6 Å². The van der Waals surface area contributed by atoms with E-state index in [2.05, 4.69) is 9.71 Å². The molecule has 1 aromatic rings. The molecule has 1 aromatic heterocycles. The molecule has 5 nitrogen and oxygen atoms in total. The smallest absolute Gasteiger partial charge is 0.243 e. The first kappa shape index (κ1) is 12.3. The fourth-order valence-corrected chi connectivity index (χ4v) is 3.04. The topological polar surface area (TPSA) is 82.9 Å². The summed E-state index contributed by atoms with van der Waals surface area (Å²) in [5, 5.41) is 9.20. The van der Waals surface area contributed by atoms with Gasteiger partial charge in [-0.25, -0.2) is 13.4 Å². The molecule has 2 rings (SSSR count). The molecule has 1 N–H and O–H groups in total. The van der Waals surface area contributed by atoms with Gasteiger partial charge in [0.1, 0.15) is 15.6 Å². The maximum atomic E-state index is 12.0. The molecular formula is C10H10ClN3O2S. The molecule has 7 heteroatoms. The fraction of sp³-hybridized carbons (Fsp3) is 0.400. The minimum atomic E-state index is -3.70. The molecule has 1 fully saturated rings. The van der Waals surface area contributed by atoms with Gasteiger partial charge in [-0.3, -0.25) is 0 Å². The number of rotatable bonds is 3. The van der Waals surface area contributed by atoms with Crippen LogP contribution in [-0.4, -0.2) is 18.9 Å². The van der Waals surface area contributed by atoms with Crippen molar-refractivity contribution in [2.75, 3.05) is 0 Å². The van der Waals surface area contributed by atoms with Crippen molar-refractivity contribution >= 4 is 21.6 Å². The summed E-state index contributed by atoms with van der Waals surface area (Å²) in [5.41, 5.74) is -0.946. The van der Waals surface area contributed by atoms with E-state index < -0.39 is 15.6 Å². The normalized spacial score (nSPS) is 18.1. The summed E-state index contributed by atoms with van der Waals surface area (Å²) in [6.07, 6.45) is 3.12. The van der Waals surface area contributed by atoms with Crippen LogP contribution in [0.5, 0.6) is 0 Å². The Morgan fingerprint density at radius 3 is 2.59 bits per heavy atom. The number of pyridine rings is 1. The van der Waals surface area contributed by atoms with E-state index in [9.17, 15) is 8.42 Å². The first-order valence-electron chi connectivity index (χ1n) is 5.04. The molecule has 1 aliphatic carbocycles. The lowest BCUT2D eigenvalue weighted by atomic mass is 9.79. The van der Waals surface area contributed by atoms with Gasteiger partial charge < -0.3 is 0 Å². The summed E-state index contributed by atoms with van der Waals surface area (Å²) in [5.74, 6) is 0. The number of halogens is 1. The summed E-state index contributed by atoms with van der Waals surface area (Å²) in [7, 11) is -3.70. The Hall–Kier alpha value is -1.16. The molecule has 0 radical (unpaired) electrons. The van der Waals surface area contributed by atoms with Crippen molar-refractivity contribution in [3.63, 3.8) is 0 Å². The zero-order valence-corrected chi connectivity index (χ0v) is 10.4. The van der Waals surface area contributed by atoms with Crippen LogP contribution in [0.1, 0.15) is 19.3 Å². The van der Waals surface area contributed by atoms with E-state index in [4.69, 9.17) is 16.9 Å². The van der Waals surface area contributed by atoms with Crippen LogP contribution in [0.25, 0.3) is 0 Å². The molecule has 0 spiro atoms. The highest BCUT2D eigenvalue weighted by Crippen LogP contribution is 2.32. The van der Waals surface area contributed by atoms with Crippen LogP contribution < -0.4 is 4.72 Å². The lowest BCUT2D eigenvalue weighted by molar-refractivity contribution is 0.296. The van der Waals surface area contributed by atoms with E-state index in [0.29, 0.717) is 12.8 Å². The van der Waals surface area contributed by atoms with E-state index in [1.165, 1.54) is 18.3 Å². The Bertz CT molecular complexity index is 558. The van der Waals surface area contributed by atoms with E-state index in [1.54, 1.807) is 0 Å². The van der Waals surface area contributed by atoms with Crippen LogP contribution in [0, 0.1) is 11.3 Å². The highest BCUT2D eigenvalue weighted by atomic mass is 35.5. The second-order valence-electron chi connectivity index (χ2n) is 3.97. The Morgan fingerprint density at radius 1 is 1.47 bits per heavy atom. The van der Waals surface area contributed by atoms with Crippen LogP contribution in [0.4, 0.5) is 0 Å². The predicted octanol–water partition coefficient (Wildman–Crippen LogP) is 1.46. The minimum absolute atomic E-state index is 0.0171. The largest absolute Gasteiger partial charge is 0.243 e. The molecule has 90 valence electrons. The van der Waals surface area contributed by atoms with E-state index in [1.807, 2.05) is 6.07 Å². The molecule has 0 atom stereocenters. The first-order valence-corrected chi connectivity index (χ1v) is 6.90. The van der Waals surface area contributed by atoms with Crippen LogP contribution in [0.3, 0.4) is 0 Å². The number of sulfonamides is 1. The van der Waals surface area contributed by atoms with Crippen molar-refractivity contribution in [1.82, 2.24) is 9.71 Å². The quantitative estimate of drug-likeness (QED) is 0.844. The van der Waals surface area contributed by atoms with Crippen molar-refractivity contribution in [1.29, 1.82) is 5.26 Å². The molecule has 0 saturated heterocycles. The van der Waals surface area contributed by atoms with E-state index in [0.717, 1.165) is 6.42 Å². The van der Waals surface area contributed by atoms with Crippen LogP contribution in [0.15, 0.2) is 23.2 Å². The number of aromatic nitrogens is 1. The lowest BCUT2D eigenvalue weighted by Crippen LogP contribution is -2.52. The summed E-state index contributed by atoms with van der Waals surface area (Å²) in [4.78, 5) is 3.73. The first-order chi connectivity index (χ1) is 7.97. The molecule has 0 aliphatic heterocycles. The predicted molar refractivity (Wildman–Crippen MR) is 61.8 cm³/mol. The summed E-state index contributed by atoms with van der Waals surface area (Å²) in [6.45, 7) is 0. The van der Waals surface area contributed by atoms with Gasteiger partial charge in [0, 0.05) is 6.20 Å². The Labute approximate surface area is 104 Å². The van der Waals surface area contributed by atoms with Crippen molar-refractivity contribution in [2.45, 2.75) is 29.7 Å². The number of nitrogens with one attached hydrogen (secondary N) is 1. The minimum Gasteiger partial charge on any atom is -0.243 e. The van der Waals surface area contributed by atoms with Gasteiger partial charge in [0.25, 0.3) is 0 Å². The fourth-order valence-electron chi connectivity index (χ4n) is 1.60. The standard InChI is InChI=1S/C10H10ClN3O2S/c11-9-3-2-8(6-13-9)17(15,16)14-10(7-12)4-1-5-10/h2-3,6,14H,1,4-5H2. The van der Waals surface area contributed by atoms with Crippen molar-refractivity contribution in [2.24, 2.45) is 0 Å². The van der Waals surface area contributed by atoms with Gasteiger partial charge in [0.05, 0.1) is 6.07 Å². The average Bonchev–Trinajstić information content (AvgIpc) is 2.24. The number of nitriles is 1. The maximum absolute atomic E-state index is 12.0. The molecule has 1 saturated carbocycles. The highest BCUT2D eigenvalue weighted by Gasteiger charge is 2.41. The van der Waals surface area contributed by atoms with Crippen LogP contribution in [0.2, 0.25) is 5.15 Å². The van der Waals surface area contributed by atoms with Crippen LogP contribution in [-0.2, 0) is 10.0 Å². The second kappa shape index (κ2) is 4.26. The van der Waals surface area contributed by atoms with Gasteiger partial charge in [-0.1, -0.05) is 11.6 Å². The third-order valence-corrected chi connectivity index (χ3v) is 4.51. The molecular weight excluding hydrogens is 262 g/mol. The monoisotopic (exact) mass is 271 g/mol. The number of hydrogen-bond donors (Lipinski definition) is 1. The molecule has 0 amide bonds. The molecule has 1 aliphatic rings. The molecule has 0 aromatic carbocycles. The Balaban J connectivity index is 2.26. The highest BCUT2D eigenvalue weighted by molar-refractivity contribution is 7.89. The summed E-state index contributed by atoms with van der Waals surface area (Å²) in [6, 6.07) is 4.78. The SMILES string of the molecule is N#CC1(NS(=O)(=O)c2ccc(Cl)nc2)CCC1. The third-order valence-electron chi connectivity index (χ3n) is 2.76. The molecule has 0 bridgehead atoms. The van der Waals surface area contributed by atoms with Gasteiger partial charge in [-0.2, -0.15) is 9.98 Å². The Morgan fingerprint density at radius 2 is 2.18 bits per heavy atom. The van der Waals surface area contributed by atoms with E-state index >= 15 is 0 Å². The zero-order valence-electron chi connectivity index (χ0n) is 8.85. The lowest BCUT2D eigenvalue weighted by Gasteiger charge is -2.35. The van der Waals surface area contributed by atoms with Gasteiger partial charge in [0.15, 0.2) is 0 Å². The zero-order chi connectivity index (χ0) is 12.5. The van der Waals surface area contributed by atoms with Crippen molar-refractivity contribution in [3.8, 4) is 6.07 Å². The average molecular weight is 272 g/mol. The van der Waals surface area contributed by atoms with Gasteiger partial charge in [0.2, 0.25) is 10.0 Å². The second-order valence-corrected chi connectivity index (χ2v) is 6.04. The maximum Gasteiger partial charge on any atom is 0.243 e. The number of hydrogen-bond acceptors (Lipinski definition) is 4.